The molecule has 0 aliphatic carbocycles. The van der Waals surface area contributed by atoms with Crippen LogP contribution in [0.3, 0.4) is 0 Å². The van der Waals surface area contributed by atoms with Crippen LogP contribution < -0.4 is 0 Å². The summed E-state index contributed by atoms with van der Waals surface area (Å²) in [5, 5.41) is 17.2. The van der Waals surface area contributed by atoms with Gasteiger partial charge >= 0.3 is 5.97 Å². The maximum atomic E-state index is 12.7. The van der Waals surface area contributed by atoms with E-state index in [-0.39, 0.29) is 11.3 Å². The summed E-state index contributed by atoms with van der Waals surface area (Å²) in [7, 11) is 0. The molecule has 0 aromatic heterocycles. The third-order valence-corrected chi connectivity index (χ3v) is 1.38. The van der Waals surface area contributed by atoms with Gasteiger partial charge in [-0.15, -0.1) is 0 Å². The van der Waals surface area contributed by atoms with Gasteiger partial charge in [0.05, 0.1) is 0 Å². The molecule has 3 nitrogen and oxygen atoms in total. The van der Waals surface area contributed by atoms with Crippen molar-refractivity contribution in [1.29, 1.82) is 0 Å². The van der Waals surface area contributed by atoms with Crippen LogP contribution in [-0.4, -0.2) is 16.2 Å². The largest absolute Gasteiger partial charge is 0.508 e. The molecule has 4 heteroatoms. The second-order valence-corrected chi connectivity index (χ2v) is 2.30. The fraction of sp³-hybridized carbons (Fsp3) is 0.125. The van der Waals surface area contributed by atoms with Crippen molar-refractivity contribution < 1.29 is 19.4 Å². The minimum atomic E-state index is -2.07. The van der Waals surface area contributed by atoms with Gasteiger partial charge in [-0.25, -0.2) is 9.18 Å². The van der Waals surface area contributed by atoms with Gasteiger partial charge in [0.1, 0.15) is 5.75 Å². The molecule has 2 N–H and O–H groups in total. The van der Waals surface area contributed by atoms with Crippen molar-refractivity contribution in [1.82, 2.24) is 0 Å². The molecule has 0 radical (unpaired) electrons. The Labute approximate surface area is 68.1 Å². The van der Waals surface area contributed by atoms with Crippen molar-refractivity contribution in [3.05, 3.63) is 29.8 Å². The molecule has 0 saturated heterocycles. The second kappa shape index (κ2) is 3.21. The summed E-state index contributed by atoms with van der Waals surface area (Å²) in [5.41, 5.74) is -0.0532. The lowest BCUT2D eigenvalue weighted by Crippen LogP contribution is -2.05. The van der Waals surface area contributed by atoms with Gasteiger partial charge in [0.2, 0.25) is 6.17 Å². The maximum Gasteiger partial charge on any atom is 0.343 e. The molecule has 0 amide bonds. The highest BCUT2D eigenvalue weighted by Gasteiger charge is 2.17. The zero-order valence-electron chi connectivity index (χ0n) is 6.07. The molecule has 0 heterocycles. The van der Waals surface area contributed by atoms with Gasteiger partial charge in [-0.3, -0.25) is 0 Å². The van der Waals surface area contributed by atoms with Crippen LogP contribution in [0.4, 0.5) is 4.39 Å². The number of rotatable bonds is 2. The SMILES string of the molecule is O=C(O)C(F)c1cccc(O)c1. The molecular weight excluding hydrogens is 163 g/mol. The molecule has 1 aromatic rings. The number of hydrogen-bond donors (Lipinski definition) is 2. The summed E-state index contributed by atoms with van der Waals surface area (Å²) in [6.45, 7) is 0. The normalized spacial score (nSPS) is 12.4. The molecule has 1 atom stereocenters. The van der Waals surface area contributed by atoms with E-state index in [1.54, 1.807) is 0 Å². The van der Waals surface area contributed by atoms with Crippen LogP contribution in [0, 0.1) is 0 Å². The Balaban J connectivity index is 2.95. The van der Waals surface area contributed by atoms with Crippen molar-refractivity contribution in [3.63, 3.8) is 0 Å². The number of phenolic OH excluding ortho intramolecular Hbond substituents is 1. The van der Waals surface area contributed by atoms with Crippen LogP contribution in [0.1, 0.15) is 11.7 Å². The lowest BCUT2D eigenvalue weighted by molar-refractivity contribution is -0.143. The molecule has 0 spiro atoms. The maximum absolute atomic E-state index is 12.7. The number of hydrogen-bond acceptors (Lipinski definition) is 2. The Hall–Kier alpha value is -1.58. The highest BCUT2D eigenvalue weighted by Crippen LogP contribution is 2.21. The van der Waals surface area contributed by atoms with Gasteiger partial charge in [-0.2, -0.15) is 0 Å². The quantitative estimate of drug-likeness (QED) is 0.706. The average Bonchev–Trinajstić information content (AvgIpc) is 2.03. The van der Waals surface area contributed by atoms with Crippen LogP contribution in [0.2, 0.25) is 0 Å². The van der Waals surface area contributed by atoms with Crippen molar-refractivity contribution in [2.45, 2.75) is 6.17 Å². The minimum Gasteiger partial charge on any atom is -0.508 e. The van der Waals surface area contributed by atoms with Crippen LogP contribution in [0.5, 0.6) is 5.75 Å². The molecule has 0 aliphatic rings. The monoisotopic (exact) mass is 170 g/mol. The van der Waals surface area contributed by atoms with Crippen LogP contribution in [-0.2, 0) is 4.79 Å². The van der Waals surface area contributed by atoms with E-state index in [1.165, 1.54) is 18.2 Å². The van der Waals surface area contributed by atoms with Crippen LogP contribution in [0.15, 0.2) is 24.3 Å². The molecule has 0 bridgehead atoms. The predicted octanol–water partition coefficient (Wildman–Crippen LogP) is 1.49. The molecule has 0 saturated carbocycles. The minimum absolute atomic E-state index is 0.0532. The number of aromatic hydroxyl groups is 1. The Bertz CT molecular complexity index is 298. The van der Waals surface area contributed by atoms with E-state index in [0.29, 0.717) is 0 Å². The zero-order chi connectivity index (χ0) is 9.14. The van der Waals surface area contributed by atoms with Crippen LogP contribution in [0.25, 0.3) is 0 Å². The van der Waals surface area contributed by atoms with E-state index in [2.05, 4.69) is 0 Å². The average molecular weight is 170 g/mol. The third-order valence-electron chi connectivity index (χ3n) is 1.38. The van der Waals surface area contributed by atoms with Gasteiger partial charge in [-0.05, 0) is 12.1 Å². The standard InChI is InChI=1S/C8H7FO3/c9-7(8(11)12)5-2-1-3-6(10)4-5/h1-4,7,10H,(H,11,12). The Kier molecular flexibility index (Phi) is 2.28. The van der Waals surface area contributed by atoms with Gasteiger partial charge in [0, 0.05) is 5.56 Å². The highest BCUT2D eigenvalue weighted by atomic mass is 19.1. The summed E-state index contributed by atoms with van der Waals surface area (Å²) in [5.74, 6) is -1.70. The van der Waals surface area contributed by atoms with Crippen molar-refractivity contribution >= 4 is 5.97 Å². The highest BCUT2D eigenvalue weighted by molar-refractivity contribution is 5.74. The Morgan fingerprint density at radius 2 is 2.17 bits per heavy atom. The summed E-state index contributed by atoms with van der Waals surface area (Å²) in [6, 6.07) is 5.12. The summed E-state index contributed by atoms with van der Waals surface area (Å²) < 4.78 is 12.7. The number of alkyl halides is 1. The third kappa shape index (κ3) is 1.72. The van der Waals surface area contributed by atoms with E-state index in [9.17, 15) is 9.18 Å². The van der Waals surface area contributed by atoms with Gasteiger partial charge < -0.3 is 10.2 Å². The van der Waals surface area contributed by atoms with E-state index in [1.807, 2.05) is 0 Å². The predicted molar refractivity (Wildman–Crippen MR) is 39.6 cm³/mol. The smallest absolute Gasteiger partial charge is 0.343 e. The molecule has 0 aliphatic heterocycles. The Morgan fingerprint density at radius 1 is 1.50 bits per heavy atom. The fourth-order valence-electron chi connectivity index (χ4n) is 0.825. The fourth-order valence-corrected chi connectivity index (χ4v) is 0.825. The first-order valence-electron chi connectivity index (χ1n) is 3.27. The van der Waals surface area contributed by atoms with Crippen molar-refractivity contribution in [2.75, 3.05) is 0 Å². The first-order chi connectivity index (χ1) is 5.61. The van der Waals surface area contributed by atoms with E-state index in [4.69, 9.17) is 10.2 Å². The number of phenols is 1. The molecule has 1 aromatic carbocycles. The summed E-state index contributed by atoms with van der Waals surface area (Å²) in [4.78, 5) is 10.2. The lowest BCUT2D eigenvalue weighted by Gasteiger charge is -2.02. The Morgan fingerprint density at radius 3 is 2.67 bits per heavy atom. The van der Waals surface area contributed by atoms with Gasteiger partial charge in [-0.1, -0.05) is 12.1 Å². The van der Waals surface area contributed by atoms with Crippen molar-refractivity contribution in [2.24, 2.45) is 0 Å². The van der Waals surface area contributed by atoms with Gasteiger partial charge in [0.15, 0.2) is 0 Å². The molecule has 1 unspecified atom stereocenters. The molecule has 12 heavy (non-hydrogen) atoms. The summed E-state index contributed by atoms with van der Waals surface area (Å²) in [6.07, 6.45) is -2.07. The number of halogens is 1. The topological polar surface area (TPSA) is 57.5 Å². The summed E-state index contributed by atoms with van der Waals surface area (Å²) >= 11 is 0. The number of carboxylic acid groups (broad SMARTS) is 1. The first kappa shape index (κ1) is 8.52. The molecular formula is C8H7FO3. The molecule has 64 valence electrons. The van der Waals surface area contributed by atoms with Crippen molar-refractivity contribution in [3.8, 4) is 5.75 Å². The second-order valence-electron chi connectivity index (χ2n) is 2.30. The van der Waals surface area contributed by atoms with E-state index < -0.39 is 12.1 Å². The molecule has 1 rings (SSSR count). The number of carbonyl (C=O) groups is 1. The number of benzene rings is 1. The number of aliphatic carboxylic acids is 1. The molecule has 0 fully saturated rings. The number of carboxylic acids is 1. The van der Waals surface area contributed by atoms with E-state index in [0.717, 1.165) is 6.07 Å². The lowest BCUT2D eigenvalue weighted by atomic mass is 10.1. The van der Waals surface area contributed by atoms with Gasteiger partial charge in [0.25, 0.3) is 0 Å². The van der Waals surface area contributed by atoms with Crippen LogP contribution >= 0.6 is 0 Å². The first-order valence-corrected chi connectivity index (χ1v) is 3.27. The zero-order valence-corrected chi connectivity index (χ0v) is 6.07. The van der Waals surface area contributed by atoms with E-state index >= 15 is 0 Å².